The van der Waals surface area contributed by atoms with Crippen LogP contribution in [0.3, 0.4) is 0 Å². The first-order chi connectivity index (χ1) is 14.0. The molecule has 158 valence electrons. The van der Waals surface area contributed by atoms with E-state index in [1.54, 1.807) is 20.8 Å². The monoisotopic (exact) mass is 489 g/mol. The van der Waals surface area contributed by atoms with Gasteiger partial charge in [0.15, 0.2) is 0 Å². The van der Waals surface area contributed by atoms with Crippen molar-refractivity contribution >= 4 is 32.0 Å². The van der Waals surface area contributed by atoms with Crippen LogP contribution in [-0.4, -0.2) is 18.4 Å². The van der Waals surface area contributed by atoms with Gasteiger partial charge in [-0.15, -0.1) is 0 Å². The molecule has 0 fully saturated rings. The van der Waals surface area contributed by atoms with Gasteiger partial charge in [0.25, 0.3) is 0 Å². The molecule has 0 unspecified atom stereocenters. The van der Waals surface area contributed by atoms with Gasteiger partial charge in [0.05, 0.1) is 5.69 Å². The minimum Gasteiger partial charge on any atom is -0.368 e. The summed E-state index contributed by atoms with van der Waals surface area (Å²) in [4.78, 5) is 8.48. The zero-order valence-corrected chi connectivity index (χ0v) is 20.0. The smallest absolute Gasteiger partial charge is 0.341 e. The van der Waals surface area contributed by atoms with E-state index in [1.165, 1.54) is 0 Å². The van der Waals surface area contributed by atoms with Crippen LogP contribution in [0.15, 0.2) is 39.7 Å². The second kappa shape index (κ2) is 8.35. The van der Waals surface area contributed by atoms with E-state index < -0.39 is 10.1 Å². The van der Waals surface area contributed by atoms with Crippen molar-refractivity contribution in [2.24, 2.45) is 0 Å². The first-order valence-corrected chi connectivity index (χ1v) is 11.6. The van der Waals surface area contributed by atoms with Gasteiger partial charge in [-0.3, -0.25) is 0 Å². The standard InChI is InChI=1S/C22H24BrN3O3S/c1-12-8-14(3)20(15(4)9-12)30(27,28)29-21-19(16(5)25-22(24)26-21)11-17-6-7-18(23)10-13(17)2/h6-10H,11H2,1-5H3,(H2,24,25,26). The lowest BCUT2D eigenvalue weighted by Crippen LogP contribution is -2.17. The quantitative estimate of drug-likeness (QED) is 0.520. The van der Waals surface area contributed by atoms with Crippen LogP contribution in [0.5, 0.6) is 5.88 Å². The van der Waals surface area contributed by atoms with E-state index in [-0.39, 0.29) is 16.7 Å². The molecule has 0 aliphatic heterocycles. The third kappa shape index (κ3) is 4.65. The maximum absolute atomic E-state index is 13.2. The molecular formula is C22H24BrN3O3S. The molecule has 3 rings (SSSR count). The molecule has 0 amide bonds. The van der Waals surface area contributed by atoms with Gasteiger partial charge in [0.1, 0.15) is 4.90 Å². The Hall–Kier alpha value is -2.45. The fourth-order valence-corrected chi connectivity index (χ4v) is 5.43. The molecule has 1 heterocycles. The van der Waals surface area contributed by atoms with E-state index in [1.807, 2.05) is 44.2 Å². The second-order valence-corrected chi connectivity index (χ2v) is 9.86. The summed E-state index contributed by atoms with van der Waals surface area (Å²) in [5.74, 6) is -0.0759. The Labute approximate surface area is 185 Å². The van der Waals surface area contributed by atoms with Gasteiger partial charge in [-0.25, -0.2) is 4.98 Å². The lowest BCUT2D eigenvalue weighted by atomic mass is 10.0. The van der Waals surface area contributed by atoms with Crippen molar-refractivity contribution < 1.29 is 12.6 Å². The van der Waals surface area contributed by atoms with Gasteiger partial charge in [0.2, 0.25) is 11.8 Å². The summed E-state index contributed by atoms with van der Waals surface area (Å²) in [6.07, 6.45) is 0.419. The molecule has 0 spiro atoms. The predicted molar refractivity (Wildman–Crippen MR) is 121 cm³/mol. The van der Waals surface area contributed by atoms with E-state index >= 15 is 0 Å². The SMILES string of the molecule is Cc1cc(C)c(S(=O)(=O)Oc2nc(N)nc(C)c2Cc2ccc(Br)cc2C)c(C)c1. The highest BCUT2D eigenvalue weighted by atomic mass is 79.9. The molecule has 0 saturated heterocycles. The van der Waals surface area contributed by atoms with Gasteiger partial charge >= 0.3 is 10.1 Å². The van der Waals surface area contributed by atoms with Crippen LogP contribution in [0.25, 0.3) is 0 Å². The summed E-state index contributed by atoms with van der Waals surface area (Å²) < 4.78 is 32.8. The maximum atomic E-state index is 13.2. The molecule has 0 bridgehead atoms. The van der Waals surface area contributed by atoms with Crippen molar-refractivity contribution in [3.05, 3.63) is 73.9 Å². The average molecular weight is 490 g/mol. The third-order valence-electron chi connectivity index (χ3n) is 4.91. The molecular weight excluding hydrogens is 466 g/mol. The van der Waals surface area contributed by atoms with Gasteiger partial charge in [-0.2, -0.15) is 13.4 Å². The maximum Gasteiger partial charge on any atom is 0.341 e. The Balaban J connectivity index is 2.08. The van der Waals surface area contributed by atoms with Gasteiger partial charge in [0, 0.05) is 16.5 Å². The van der Waals surface area contributed by atoms with Crippen molar-refractivity contribution in [3.63, 3.8) is 0 Å². The number of hydrogen-bond donors (Lipinski definition) is 1. The summed E-state index contributed by atoms with van der Waals surface area (Å²) in [7, 11) is -4.11. The number of nitrogen functional groups attached to an aromatic ring is 1. The molecule has 3 aromatic rings. The lowest BCUT2D eigenvalue weighted by molar-refractivity contribution is 0.471. The zero-order chi connectivity index (χ0) is 22.2. The molecule has 2 N–H and O–H groups in total. The molecule has 0 radical (unpaired) electrons. The lowest BCUT2D eigenvalue weighted by Gasteiger charge is -2.16. The van der Waals surface area contributed by atoms with Crippen LogP contribution in [-0.2, 0) is 16.5 Å². The van der Waals surface area contributed by atoms with Crippen LogP contribution in [0, 0.1) is 34.6 Å². The first kappa shape index (κ1) is 22.2. The van der Waals surface area contributed by atoms with Gasteiger partial charge in [-0.05, 0) is 69.0 Å². The summed E-state index contributed by atoms with van der Waals surface area (Å²) >= 11 is 3.46. The normalized spacial score (nSPS) is 11.5. The molecule has 0 aliphatic rings. The molecule has 6 nitrogen and oxygen atoms in total. The van der Waals surface area contributed by atoms with Crippen LogP contribution in [0.1, 0.15) is 39.1 Å². The van der Waals surface area contributed by atoms with Gasteiger partial charge < -0.3 is 9.92 Å². The Morgan fingerprint density at radius 3 is 2.20 bits per heavy atom. The molecule has 2 aromatic carbocycles. The van der Waals surface area contributed by atoms with E-state index in [2.05, 4.69) is 25.9 Å². The van der Waals surface area contributed by atoms with Crippen molar-refractivity contribution in [2.75, 3.05) is 5.73 Å². The predicted octanol–water partition coefficient (Wildman–Crippen LogP) is 4.72. The summed E-state index contributed by atoms with van der Waals surface area (Å²) in [6, 6.07) is 9.54. The van der Waals surface area contributed by atoms with Crippen LogP contribution >= 0.6 is 15.9 Å². The average Bonchev–Trinajstić information content (AvgIpc) is 2.57. The highest BCUT2D eigenvalue weighted by Crippen LogP contribution is 2.30. The first-order valence-electron chi connectivity index (χ1n) is 9.38. The van der Waals surface area contributed by atoms with Crippen molar-refractivity contribution in [3.8, 4) is 5.88 Å². The minimum atomic E-state index is -4.11. The number of aryl methyl sites for hydroxylation is 5. The fourth-order valence-electron chi connectivity index (χ4n) is 3.62. The van der Waals surface area contributed by atoms with Crippen LogP contribution < -0.4 is 9.92 Å². The third-order valence-corrected chi connectivity index (χ3v) is 6.92. The van der Waals surface area contributed by atoms with Crippen molar-refractivity contribution in [2.45, 2.75) is 45.9 Å². The van der Waals surface area contributed by atoms with E-state index in [0.717, 1.165) is 21.2 Å². The second-order valence-electron chi connectivity index (χ2n) is 7.46. The molecule has 8 heteroatoms. The zero-order valence-electron chi connectivity index (χ0n) is 17.6. The topological polar surface area (TPSA) is 95.2 Å². The van der Waals surface area contributed by atoms with Gasteiger partial charge in [-0.1, -0.05) is 39.7 Å². The largest absolute Gasteiger partial charge is 0.368 e. The minimum absolute atomic E-state index is 0.0358. The van der Waals surface area contributed by atoms with Crippen LogP contribution in [0.2, 0.25) is 0 Å². The summed E-state index contributed by atoms with van der Waals surface area (Å²) in [6.45, 7) is 9.18. The number of halogens is 1. The Morgan fingerprint density at radius 2 is 1.60 bits per heavy atom. The number of benzene rings is 2. The van der Waals surface area contributed by atoms with Crippen molar-refractivity contribution in [1.82, 2.24) is 9.97 Å². The number of nitrogens with zero attached hydrogens (tertiary/aromatic N) is 2. The van der Waals surface area contributed by atoms with E-state index in [9.17, 15) is 8.42 Å². The fraction of sp³-hybridized carbons (Fsp3) is 0.273. The Bertz CT molecular complexity index is 1220. The molecule has 30 heavy (non-hydrogen) atoms. The van der Waals surface area contributed by atoms with Crippen molar-refractivity contribution in [1.29, 1.82) is 0 Å². The molecule has 1 aromatic heterocycles. The number of aromatic nitrogens is 2. The Morgan fingerprint density at radius 1 is 0.967 bits per heavy atom. The number of hydrogen-bond acceptors (Lipinski definition) is 6. The number of rotatable bonds is 5. The highest BCUT2D eigenvalue weighted by Gasteiger charge is 2.26. The van der Waals surface area contributed by atoms with E-state index in [0.29, 0.717) is 28.8 Å². The molecule has 0 saturated carbocycles. The summed E-state index contributed by atoms with van der Waals surface area (Å²) in [5, 5.41) is 0. The van der Waals surface area contributed by atoms with E-state index in [4.69, 9.17) is 9.92 Å². The summed E-state index contributed by atoms with van der Waals surface area (Å²) in [5.41, 5.74) is 11.3. The highest BCUT2D eigenvalue weighted by molar-refractivity contribution is 9.10. The molecule has 0 aliphatic carbocycles. The number of nitrogens with two attached hydrogens (primary N) is 1. The Kier molecular flexibility index (Phi) is 6.19. The van der Waals surface area contributed by atoms with Crippen LogP contribution in [0.4, 0.5) is 5.95 Å². The molecule has 0 atom stereocenters. The number of anilines is 1.